The van der Waals surface area contributed by atoms with Crippen molar-refractivity contribution in [3.8, 4) is 5.75 Å². The molecular formula is C17H17NO4. The molecule has 2 rings (SSSR count). The number of esters is 1. The number of hydrogen-bond donors (Lipinski definition) is 1. The van der Waals surface area contributed by atoms with Crippen LogP contribution in [0.25, 0.3) is 0 Å². The topological polar surface area (TPSA) is 64.6 Å². The molecule has 1 amide bonds. The molecule has 0 atom stereocenters. The van der Waals surface area contributed by atoms with Gasteiger partial charge in [-0.05, 0) is 36.8 Å². The average Bonchev–Trinajstić information content (AvgIpc) is 2.55. The van der Waals surface area contributed by atoms with Gasteiger partial charge in [-0.2, -0.15) is 0 Å². The molecule has 22 heavy (non-hydrogen) atoms. The van der Waals surface area contributed by atoms with Crippen LogP contribution < -0.4 is 10.1 Å². The summed E-state index contributed by atoms with van der Waals surface area (Å²) < 4.78 is 10.0. The van der Waals surface area contributed by atoms with E-state index in [-0.39, 0.29) is 12.5 Å². The quantitative estimate of drug-likeness (QED) is 0.862. The lowest BCUT2D eigenvalue weighted by molar-refractivity contribution is -0.119. The van der Waals surface area contributed by atoms with Gasteiger partial charge in [-0.25, -0.2) is 4.79 Å². The van der Waals surface area contributed by atoms with Crippen molar-refractivity contribution < 1.29 is 19.1 Å². The fraction of sp³-hybridized carbons (Fsp3) is 0.176. The summed E-state index contributed by atoms with van der Waals surface area (Å²) >= 11 is 0. The first-order chi connectivity index (χ1) is 10.6. The van der Waals surface area contributed by atoms with Crippen LogP contribution in [0, 0.1) is 6.92 Å². The number of para-hydroxylation sites is 1. The van der Waals surface area contributed by atoms with E-state index in [1.165, 1.54) is 7.11 Å². The Hall–Kier alpha value is -2.82. The Morgan fingerprint density at radius 1 is 1.09 bits per heavy atom. The molecule has 0 unspecified atom stereocenters. The molecule has 0 saturated carbocycles. The van der Waals surface area contributed by atoms with Gasteiger partial charge in [0.15, 0.2) is 6.61 Å². The number of ether oxygens (including phenoxy) is 2. The lowest BCUT2D eigenvalue weighted by Gasteiger charge is -2.09. The first kappa shape index (κ1) is 15.6. The van der Waals surface area contributed by atoms with Crippen molar-refractivity contribution >= 4 is 17.6 Å². The van der Waals surface area contributed by atoms with Crippen LogP contribution in [0.4, 0.5) is 5.69 Å². The van der Waals surface area contributed by atoms with Gasteiger partial charge in [0.25, 0.3) is 5.91 Å². The largest absolute Gasteiger partial charge is 0.497 e. The van der Waals surface area contributed by atoms with Gasteiger partial charge in [-0.3, -0.25) is 4.79 Å². The number of carbonyl (C=O) groups excluding carboxylic acids is 2. The molecule has 5 heteroatoms. The molecule has 0 saturated heterocycles. The predicted molar refractivity (Wildman–Crippen MR) is 83.1 cm³/mol. The first-order valence-corrected chi connectivity index (χ1v) is 6.77. The Kier molecular flexibility index (Phi) is 5.14. The van der Waals surface area contributed by atoms with Crippen molar-refractivity contribution in [3.05, 3.63) is 59.7 Å². The molecule has 2 aromatic rings. The molecule has 0 radical (unpaired) electrons. The molecule has 0 aliphatic heterocycles. The molecular weight excluding hydrogens is 282 g/mol. The van der Waals surface area contributed by atoms with E-state index in [1.54, 1.807) is 30.3 Å². The molecule has 0 fully saturated rings. The number of benzene rings is 2. The molecule has 114 valence electrons. The van der Waals surface area contributed by atoms with Crippen LogP contribution >= 0.6 is 0 Å². The second-order valence-corrected chi connectivity index (χ2v) is 4.67. The third-order valence-corrected chi connectivity index (χ3v) is 3.06. The molecule has 0 aliphatic carbocycles. The highest BCUT2D eigenvalue weighted by atomic mass is 16.5. The molecule has 2 aromatic carbocycles. The fourth-order valence-corrected chi connectivity index (χ4v) is 1.86. The summed E-state index contributed by atoms with van der Waals surface area (Å²) in [6, 6.07) is 13.9. The minimum absolute atomic E-state index is 0.336. The van der Waals surface area contributed by atoms with Crippen LogP contribution in [-0.2, 0) is 9.53 Å². The number of aryl methyl sites for hydroxylation is 1. The van der Waals surface area contributed by atoms with Gasteiger partial charge in [0.2, 0.25) is 0 Å². The third kappa shape index (κ3) is 4.09. The van der Waals surface area contributed by atoms with E-state index in [4.69, 9.17) is 9.47 Å². The smallest absolute Gasteiger partial charge is 0.338 e. The van der Waals surface area contributed by atoms with E-state index in [2.05, 4.69) is 5.32 Å². The van der Waals surface area contributed by atoms with Crippen LogP contribution in [0.15, 0.2) is 48.5 Å². The minimum Gasteiger partial charge on any atom is -0.497 e. The Morgan fingerprint density at radius 3 is 2.59 bits per heavy atom. The molecule has 5 nitrogen and oxygen atoms in total. The summed E-state index contributed by atoms with van der Waals surface area (Å²) in [6.45, 7) is 1.54. The van der Waals surface area contributed by atoms with Crippen LogP contribution in [0.3, 0.4) is 0 Å². The number of nitrogens with one attached hydrogen (secondary N) is 1. The maximum atomic E-state index is 11.9. The van der Waals surface area contributed by atoms with Crippen LogP contribution in [-0.4, -0.2) is 25.6 Å². The summed E-state index contributed by atoms with van der Waals surface area (Å²) in [5.41, 5.74) is 1.97. The number of carbonyl (C=O) groups is 2. The van der Waals surface area contributed by atoms with Crippen molar-refractivity contribution in [1.82, 2.24) is 0 Å². The van der Waals surface area contributed by atoms with Gasteiger partial charge >= 0.3 is 5.97 Å². The van der Waals surface area contributed by atoms with Gasteiger partial charge in [-0.1, -0.05) is 24.3 Å². The highest BCUT2D eigenvalue weighted by Crippen LogP contribution is 2.14. The Balaban J connectivity index is 1.90. The zero-order valence-electron chi connectivity index (χ0n) is 12.5. The van der Waals surface area contributed by atoms with Gasteiger partial charge in [0.1, 0.15) is 5.75 Å². The Labute approximate surface area is 128 Å². The number of rotatable bonds is 5. The van der Waals surface area contributed by atoms with Gasteiger partial charge in [0.05, 0.1) is 12.7 Å². The van der Waals surface area contributed by atoms with Crippen molar-refractivity contribution in [2.24, 2.45) is 0 Å². The van der Waals surface area contributed by atoms with Gasteiger partial charge in [-0.15, -0.1) is 0 Å². The minimum atomic E-state index is -0.571. The number of methoxy groups -OCH3 is 1. The lowest BCUT2D eigenvalue weighted by atomic mass is 10.2. The normalized spacial score (nSPS) is 9.91. The number of anilines is 1. The third-order valence-electron chi connectivity index (χ3n) is 3.06. The Bertz CT molecular complexity index is 682. The van der Waals surface area contributed by atoms with Crippen LogP contribution in [0.1, 0.15) is 15.9 Å². The second-order valence-electron chi connectivity index (χ2n) is 4.67. The van der Waals surface area contributed by atoms with E-state index in [9.17, 15) is 9.59 Å². The molecule has 0 aliphatic rings. The fourth-order valence-electron chi connectivity index (χ4n) is 1.86. The van der Waals surface area contributed by atoms with E-state index in [0.29, 0.717) is 17.0 Å². The predicted octanol–water partition coefficient (Wildman–Crippen LogP) is 2.80. The van der Waals surface area contributed by atoms with Crippen molar-refractivity contribution in [2.45, 2.75) is 6.92 Å². The summed E-state index contributed by atoms with van der Waals surface area (Å²) in [4.78, 5) is 23.7. The Morgan fingerprint density at radius 2 is 1.86 bits per heavy atom. The maximum Gasteiger partial charge on any atom is 0.338 e. The van der Waals surface area contributed by atoms with E-state index >= 15 is 0 Å². The zero-order valence-corrected chi connectivity index (χ0v) is 12.5. The van der Waals surface area contributed by atoms with Gasteiger partial charge in [0, 0.05) is 5.69 Å². The van der Waals surface area contributed by atoms with Crippen molar-refractivity contribution in [1.29, 1.82) is 0 Å². The monoisotopic (exact) mass is 299 g/mol. The first-order valence-electron chi connectivity index (χ1n) is 6.77. The highest BCUT2D eigenvalue weighted by molar-refractivity contribution is 5.96. The SMILES string of the molecule is COc1cccc(C(=O)OCC(=O)Nc2ccccc2C)c1. The summed E-state index contributed by atoms with van der Waals surface area (Å²) in [5.74, 6) is -0.400. The highest BCUT2D eigenvalue weighted by Gasteiger charge is 2.11. The van der Waals surface area contributed by atoms with Gasteiger partial charge < -0.3 is 14.8 Å². The van der Waals surface area contributed by atoms with E-state index in [1.807, 2.05) is 25.1 Å². The summed E-state index contributed by atoms with van der Waals surface area (Å²) in [7, 11) is 1.51. The number of hydrogen-bond acceptors (Lipinski definition) is 4. The second kappa shape index (κ2) is 7.26. The van der Waals surface area contributed by atoms with Crippen LogP contribution in [0.2, 0.25) is 0 Å². The molecule has 0 bridgehead atoms. The molecule has 1 N–H and O–H groups in total. The van der Waals surface area contributed by atoms with E-state index in [0.717, 1.165) is 5.56 Å². The molecule has 0 aromatic heterocycles. The average molecular weight is 299 g/mol. The number of amides is 1. The van der Waals surface area contributed by atoms with Crippen molar-refractivity contribution in [3.63, 3.8) is 0 Å². The molecule has 0 heterocycles. The van der Waals surface area contributed by atoms with Crippen LogP contribution in [0.5, 0.6) is 5.75 Å². The zero-order chi connectivity index (χ0) is 15.9. The molecule has 0 spiro atoms. The summed E-state index contributed by atoms with van der Waals surface area (Å²) in [6.07, 6.45) is 0. The maximum absolute atomic E-state index is 11.9. The lowest BCUT2D eigenvalue weighted by Crippen LogP contribution is -2.21. The summed E-state index contributed by atoms with van der Waals surface area (Å²) in [5, 5.41) is 2.70. The van der Waals surface area contributed by atoms with E-state index < -0.39 is 5.97 Å². The standard InChI is InChI=1S/C17H17NO4/c1-12-6-3-4-9-15(12)18-16(19)11-22-17(20)13-7-5-8-14(10-13)21-2/h3-10H,11H2,1-2H3,(H,18,19). The van der Waals surface area contributed by atoms with Crippen molar-refractivity contribution in [2.75, 3.05) is 19.0 Å².